The Labute approximate surface area is 202 Å². The van der Waals surface area contributed by atoms with Crippen molar-refractivity contribution in [2.45, 2.75) is 44.6 Å². The van der Waals surface area contributed by atoms with Crippen molar-refractivity contribution in [3.63, 3.8) is 0 Å². The molecule has 1 rings (SSSR count). The van der Waals surface area contributed by atoms with Crippen LogP contribution in [0.15, 0.2) is 49.6 Å². The molecular formula is C24H36BN3O6. The minimum atomic E-state index is -1.01. The van der Waals surface area contributed by atoms with Gasteiger partial charge in [0.1, 0.15) is 24.4 Å². The van der Waals surface area contributed by atoms with Crippen LogP contribution in [0.2, 0.25) is 5.82 Å². The summed E-state index contributed by atoms with van der Waals surface area (Å²) in [7, 11) is 1.31. The third-order valence-electron chi connectivity index (χ3n) is 4.91. The summed E-state index contributed by atoms with van der Waals surface area (Å²) in [6.07, 6.45) is 3.69. The Morgan fingerprint density at radius 1 is 1.12 bits per heavy atom. The van der Waals surface area contributed by atoms with E-state index in [1.54, 1.807) is 6.08 Å². The Morgan fingerprint density at radius 2 is 1.79 bits per heavy atom. The second-order valence-corrected chi connectivity index (χ2v) is 8.12. The zero-order valence-corrected chi connectivity index (χ0v) is 20.3. The van der Waals surface area contributed by atoms with Gasteiger partial charge in [0.15, 0.2) is 0 Å². The molecule has 2 amide bonds. The molecular weight excluding hydrogens is 437 g/mol. The van der Waals surface area contributed by atoms with E-state index in [9.17, 15) is 14.4 Å². The van der Waals surface area contributed by atoms with Gasteiger partial charge in [-0.1, -0.05) is 44.7 Å². The number of hydrogen-bond donors (Lipinski definition) is 3. The first-order chi connectivity index (χ1) is 16.2. The van der Waals surface area contributed by atoms with Crippen LogP contribution in [0.3, 0.4) is 0 Å². The summed E-state index contributed by atoms with van der Waals surface area (Å²) in [5.74, 6) is -1.28. The number of carbonyl (C=O) groups is 3. The lowest BCUT2D eigenvalue weighted by Gasteiger charge is -2.24. The van der Waals surface area contributed by atoms with Crippen molar-refractivity contribution >= 4 is 25.3 Å². The number of carbonyl (C=O) groups excluding carboxylic acids is 3. The van der Waals surface area contributed by atoms with Crippen molar-refractivity contribution < 1.29 is 28.5 Å². The summed E-state index contributed by atoms with van der Waals surface area (Å²) in [4.78, 5) is 37.8. The second-order valence-electron chi connectivity index (χ2n) is 8.12. The van der Waals surface area contributed by atoms with Crippen molar-refractivity contribution in [1.29, 1.82) is 0 Å². The molecule has 0 bridgehead atoms. The SMILES string of the molecule is C=CCOc1ccc(C[C@H](BOCN)C(=O)N[C@@H](CC(C)C)C(=O)N[C@@H](C=C)C(=O)OC)cc1. The molecule has 1 aromatic carbocycles. The quantitative estimate of drug-likeness (QED) is 0.143. The number of benzene rings is 1. The lowest BCUT2D eigenvalue weighted by molar-refractivity contribution is -0.144. The van der Waals surface area contributed by atoms with E-state index in [-0.39, 0.29) is 26.0 Å². The van der Waals surface area contributed by atoms with Gasteiger partial charge in [0.05, 0.1) is 13.8 Å². The van der Waals surface area contributed by atoms with E-state index in [0.29, 0.717) is 25.2 Å². The van der Waals surface area contributed by atoms with Gasteiger partial charge in [0, 0.05) is 5.82 Å². The number of ether oxygens (including phenoxy) is 2. The number of esters is 1. The molecule has 0 aliphatic carbocycles. The lowest BCUT2D eigenvalue weighted by atomic mass is 9.75. The molecule has 0 heterocycles. The zero-order chi connectivity index (χ0) is 25.5. The molecule has 0 saturated carbocycles. The molecule has 0 saturated heterocycles. The summed E-state index contributed by atoms with van der Waals surface area (Å²) in [6, 6.07) is 5.50. The third kappa shape index (κ3) is 10.2. The van der Waals surface area contributed by atoms with Gasteiger partial charge in [-0.05, 0) is 36.5 Å². The molecule has 1 aromatic rings. The van der Waals surface area contributed by atoms with Crippen LogP contribution in [0, 0.1) is 5.92 Å². The normalized spacial score (nSPS) is 13.2. The highest BCUT2D eigenvalue weighted by Gasteiger charge is 2.29. The summed E-state index contributed by atoms with van der Waals surface area (Å²) >= 11 is 0. The zero-order valence-electron chi connectivity index (χ0n) is 20.3. The smallest absolute Gasteiger partial charge is 0.332 e. The molecule has 0 aromatic heterocycles. The average molecular weight is 473 g/mol. The van der Waals surface area contributed by atoms with Gasteiger partial charge < -0.3 is 30.5 Å². The van der Waals surface area contributed by atoms with E-state index in [0.717, 1.165) is 5.56 Å². The Hall–Kier alpha value is -3.11. The minimum absolute atomic E-state index is 0.0336. The number of hydrogen-bond acceptors (Lipinski definition) is 7. The summed E-state index contributed by atoms with van der Waals surface area (Å²) in [5, 5.41) is 5.37. The van der Waals surface area contributed by atoms with Crippen LogP contribution >= 0.6 is 0 Å². The fraction of sp³-hybridized carbons (Fsp3) is 0.458. The van der Waals surface area contributed by atoms with Gasteiger partial charge >= 0.3 is 5.97 Å². The van der Waals surface area contributed by atoms with Crippen LogP contribution in [-0.4, -0.2) is 57.8 Å². The number of nitrogens with two attached hydrogens (primary N) is 1. The Bertz CT molecular complexity index is 815. The molecule has 4 N–H and O–H groups in total. The fourth-order valence-electron chi connectivity index (χ4n) is 3.19. The number of nitrogens with one attached hydrogen (secondary N) is 2. The molecule has 10 heteroatoms. The van der Waals surface area contributed by atoms with E-state index in [1.165, 1.54) is 13.2 Å². The molecule has 0 fully saturated rings. The van der Waals surface area contributed by atoms with E-state index in [4.69, 9.17) is 15.1 Å². The predicted octanol–water partition coefficient (Wildman–Crippen LogP) is 1.24. The first kappa shape index (κ1) is 28.9. The molecule has 0 spiro atoms. The highest BCUT2D eigenvalue weighted by molar-refractivity contribution is 6.37. The Morgan fingerprint density at radius 3 is 2.32 bits per heavy atom. The number of amides is 2. The summed E-state index contributed by atoms with van der Waals surface area (Å²) in [5.41, 5.74) is 6.37. The largest absolute Gasteiger partial charge is 0.490 e. The minimum Gasteiger partial charge on any atom is -0.490 e. The van der Waals surface area contributed by atoms with Crippen LogP contribution in [0.5, 0.6) is 5.75 Å². The van der Waals surface area contributed by atoms with Gasteiger partial charge in [-0.2, -0.15) is 0 Å². The molecule has 3 atom stereocenters. The summed E-state index contributed by atoms with van der Waals surface area (Å²) in [6.45, 7) is 11.4. The van der Waals surface area contributed by atoms with Gasteiger partial charge in [-0.3, -0.25) is 9.59 Å². The first-order valence-electron chi connectivity index (χ1n) is 11.2. The van der Waals surface area contributed by atoms with Gasteiger partial charge in [-0.15, -0.1) is 6.58 Å². The topological polar surface area (TPSA) is 129 Å². The van der Waals surface area contributed by atoms with Gasteiger partial charge in [0.25, 0.3) is 7.48 Å². The van der Waals surface area contributed by atoms with Crippen LogP contribution in [0.4, 0.5) is 0 Å². The first-order valence-corrected chi connectivity index (χ1v) is 11.2. The fourth-order valence-corrected chi connectivity index (χ4v) is 3.19. The van der Waals surface area contributed by atoms with Gasteiger partial charge in [0.2, 0.25) is 11.8 Å². The van der Waals surface area contributed by atoms with Crippen molar-refractivity contribution in [2.75, 3.05) is 20.4 Å². The molecule has 34 heavy (non-hydrogen) atoms. The van der Waals surface area contributed by atoms with Crippen LogP contribution in [0.25, 0.3) is 0 Å². The average Bonchev–Trinajstić information content (AvgIpc) is 2.82. The van der Waals surface area contributed by atoms with Crippen LogP contribution < -0.4 is 21.1 Å². The van der Waals surface area contributed by atoms with E-state index in [1.807, 2.05) is 38.1 Å². The lowest BCUT2D eigenvalue weighted by Crippen LogP contribution is -2.52. The van der Waals surface area contributed by atoms with Crippen molar-refractivity contribution in [3.8, 4) is 5.75 Å². The number of rotatable bonds is 16. The standard InChI is InChI=1S/C24H36BN3O6/c1-6-12-33-18-10-8-17(9-11-18)14-19(25-34-15-26)22(29)28-21(13-16(3)4)23(30)27-20(7-2)24(31)32-5/h6-11,16,19-21,25H,1-2,12-15,26H2,3-5H3,(H,27,30)(H,28,29)/t19-,20-,21-/m0/s1. The van der Waals surface area contributed by atoms with Crippen LogP contribution in [0.1, 0.15) is 25.8 Å². The molecule has 186 valence electrons. The Kier molecular flexibility index (Phi) is 13.3. The second kappa shape index (κ2) is 15.7. The van der Waals surface area contributed by atoms with Crippen molar-refractivity contribution in [2.24, 2.45) is 11.7 Å². The maximum absolute atomic E-state index is 13.1. The summed E-state index contributed by atoms with van der Waals surface area (Å²) < 4.78 is 15.5. The van der Waals surface area contributed by atoms with E-state index < -0.39 is 29.8 Å². The van der Waals surface area contributed by atoms with E-state index in [2.05, 4.69) is 28.5 Å². The third-order valence-corrected chi connectivity index (χ3v) is 4.91. The van der Waals surface area contributed by atoms with Crippen molar-refractivity contribution in [3.05, 3.63) is 55.1 Å². The number of methoxy groups -OCH3 is 1. The molecule has 9 nitrogen and oxygen atoms in total. The molecule has 0 aliphatic heterocycles. The monoisotopic (exact) mass is 473 g/mol. The maximum atomic E-state index is 13.1. The van der Waals surface area contributed by atoms with Crippen molar-refractivity contribution in [1.82, 2.24) is 10.6 Å². The van der Waals surface area contributed by atoms with E-state index >= 15 is 0 Å². The highest BCUT2D eigenvalue weighted by atomic mass is 16.5. The predicted molar refractivity (Wildman–Crippen MR) is 132 cm³/mol. The van der Waals surface area contributed by atoms with Crippen LogP contribution in [-0.2, 0) is 30.2 Å². The molecule has 0 radical (unpaired) electrons. The molecule has 0 unspecified atom stereocenters. The van der Waals surface area contributed by atoms with Gasteiger partial charge in [-0.25, -0.2) is 4.79 Å². The molecule has 0 aliphatic rings. The maximum Gasteiger partial charge on any atom is 0.332 e. The Balaban J connectivity index is 2.95. The highest BCUT2D eigenvalue weighted by Crippen LogP contribution is 2.19.